The first kappa shape index (κ1) is 9.27. The monoisotopic (exact) mass is 174 g/mol. The highest BCUT2D eigenvalue weighted by Gasteiger charge is 1.95. The maximum Gasteiger partial charge on any atom is 0.214 e. The van der Waals surface area contributed by atoms with Gasteiger partial charge in [-0.2, -0.15) is 5.26 Å². The van der Waals surface area contributed by atoms with Crippen molar-refractivity contribution >= 4 is 0 Å². The SMILES string of the molecule is C=CCCOc1cccc(C#N)n1. The first-order valence-corrected chi connectivity index (χ1v) is 3.97. The van der Waals surface area contributed by atoms with Crippen LogP contribution in [0, 0.1) is 11.3 Å². The van der Waals surface area contributed by atoms with Crippen LogP contribution in [0.1, 0.15) is 12.1 Å². The summed E-state index contributed by atoms with van der Waals surface area (Å²) in [4.78, 5) is 3.95. The Morgan fingerprint density at radius 2 is 2.46 bits per heavy atom. The molecule has 0 unspecified atom stereocenters. The molecule has 0 spiro atoms. The Morgan fingerprint density at radius 1 is 1.62 bits per heavy atom. The zero-order chi connectivity index (χ0) is 9.52. The lowest BCUT2D eigenvalue weighted by atomic mass is 10.4. The van der Waals surface area contributed by atoms with Crippen molar-refractivity contribution in [3.05, 3.63) is 36.5 Å². The molecule has 0 atom stereocenters. The summed E-state index contributed by atoms with van der Waals surface area (Å²) in [6.07, 6.45) is 2.55. The van der Waals surface area contributed by atoms with Crippen molar-refractivity contribution < 1.29 is 4.74 Å². The van der Waals surface area contributed by atoms with Crippen molar-refractivity contribution in [2.75, 3.05) is 6.61 Å². The summed E-state index contributed by atoms with van der Waals surface area (Å²) < 4.78 is 5.26. The molecule has 0 aliphatic heterocycles. The van der Waals surface area contributed by atoms with Gasteiger partial charge in [0.25, 0.3) is 0 Å². The van der Waals surface area contributed by atoms with Crippen molar-refractivity contribution in [3.8, 4) is 11.9 Å². The highest BCUT2D eigenvalue weighted by molar-refractivity contribution is 5.24. The molecule has 1 heterocycles. The Morgan fingerprint density at radius 3 is 3.15 bits per heavy atom. The van der Waals surface area contributed by atoms with Gasteiger partial charge in [-0.3, -0.25) is 0 Å². The molecule has 13 heavy (non-hydrogen) atoms. The minimum atomic E-state index is 0.371. The van der Waals surface area contributed by atoms with Crippen molar-refractivity contribution in [2.45, 2.75) is 6.42 Å². The van der Waals surface area contributed by atoms with Crippen LogP contribution in [0.15, 0.2) is 30.9 Å². The summed E-state index contributed by atoms with van der Waals surface area (Å²) in [7, 11) is 0. The summed E-state index contributed by atoms with van der Waals surface area (Å²) in [6, 6.07) is 7.06. The predicted octanol–water partition coefficient (Wildman–Crippen LogP) is 1.91. The summed E-state index contributed by atoms with van der Waals surface area (Å²) in [5.41, 5.74) is 0.371. The van der Waals surface area contributed by atoms with Gasteiger partial charge in [-0.1, -0.05) is 12.1 Å². The van der Waals surface area contributed by atoms with Gasteiger partial charge in [0.05, 0.1) is 6.61 Å². The number of hydrogen-bond donors (Lipinski definition) is 0. The molecule has 1 rings (SSSR count). The van der Waals surface area contributed by atoms with Gasteiger partial charge in [-0.25, -0.2) is 4.98 Å². The Balaban J connectivity index is 2.57. The third-order valence-electron chi connectivity index (χ3n) is 1.41. The van der Waals surface area contributed by atoms with Crippen LogP contribution >= 0.6 is 0 Å². The Bertz CT molecular complexity index is 328. The topological polar surface area (TPSA) is 45.9 Å². The molecule has 0 amide bonds. The van der Waals surface area contributed by atoms with Crippen molar-refractivity contribution in [1.82, 2.24) is 4.98 Å². The van der Waals surface area contributed by atoms with E-state index in [2.05, 4.69) is 11.6 Å². The molecular formula is C10H10N2O. The maximum absolute atomic E-state index is 8.55. The molecule has 3 heteroatoms. The van der Waals surface area contributed by atoms with E-state index >= 15 is 0 Å². The highest BCUT2D eigenvalue weighted by atomic mass is 16.5. The molecule has 0 radical (unpaired) electrons. The molecule has 1 aromatic rings. The lowest BCUT2D eigenvalue weighted by Crippen LogP contribution is -1.98. The van der Waals surface area contributed by atoms with Crippen LogP contribution in [-0.2, 0) is 0 Å². The minimum Gasteiger partial charge on any atom is -0.477 e. The van der Waals surface area contributed by atoms with Gasteiger partial charge >= 0.3 is 0 Å². The number of nitriles is 1. The molecule has 3 nitrogen and oxygen atoms in total. The summed E-state index contributed by atoms with van der Waals surface area (Å²) in [6.45, 7) is 4.12. The second kappa shape index (κ2) is 4.94. The zero-order valence-corrected chi connectivity index (χ0v) is 7.23. The van der Waals surface area contributed by atoms with Crippen molar-refractivity contribution in [1.29, 1.82) is 5.26 Å². The van der Waals surface area contributed by atoms with E-state index in [4.69, 9.17) is 10.00 Å². The van der Waals surface area contributed by atoms with Gasteiger partial charge in [0.15, 0.2) is 0 Å². The molecule has 0 saturated heterocycles. The van der Waals surface area contributed by atoms with E-state index in [-0.39, 0.29) is 0 Å². The van der Waals surface area contributed by atoms with Crippen LogP contribution in [0.3, 0.4) is 0 Å². The first-order chi connectivity index (χ1) is 6.36. The summed E-state index contributed by atoms with van der Waals surface area (Å²) >= 11 is 0. The molecule has 0 aromatic carbocycles. The van der Waals surface area contributed by atoms with E-state index < -0.39 is 0 Å². The quantitative estimate of drug-likeness (QED) is 0.517. The Labute approximate surface area is 77.3 Å². The van der Waals surface area contributed by atoms with Gasteiger partial charge in [0.1, 0.15) is 11.8 Å². The lowest BCUT2D eigenvalue weighted by molar-refractivity contribution is 0.312. The molecular weight excluding hydrogens is 164 g/mol. The number of rotatable bonds is 4. The molecule has 0 saturated carbocycles. The van der Waals surface area contributed by atoms with E-state index in [1.807, 2.05) is 6.07 Å². The molecule has 0 bridgehead atoms. The van der Waals surface area contributed by atoms with E-state index in [0.717, 1.165) is 6.42 Å². The third kappa shape index (κ3) is 2.96. The second-order valence-corrected chi connectivity index (χ2v) is 2.40. The van der Waals surface area contributed by atoms with Gasteiger partial charge in [0, 0.05) is 6.07 Å². The average Bonchev–Trinajstić information content (AvgIpc) is 2.19. The first-order valence-electron chi connectivity index (χ1n) is 3.97. The van der Waals surface area contributed by atoms with Crippen LogP contribution in [-0.4, -0.2) is 11.6 Å². The number of nitrogens with zero attached hydrogens (tertiary/aromatic N) is 2. The number of aromatic nitrogens is 1. The zero-order valence-electron chi connectivity index (χ0n) is 7.23. The van der Waals surface area contributed by atoms with Crippen molar-refractivity contribution in [2.24, 2.45) is 0 Å². The maximum atomic E-state index is 8.55. The molecule has 0 aliphatic carbocycles. The van der Waals surface area contributed by atoms with Gasteiger partial charge in [-0.05, 0) is 12.5 Å². The molecule has 0 fully saturated rings. The fourth-order valence-electron chi connectivity index (χ4n) is 0.804. The fourth-order valence-corrected chi connectivity index (χ4v) is 0.804. The largest absolute Gasteiger partial charge is 0.477 e. The third-order valence-corrected chi connectivity index (χ3v) is 1.41. The Hall–Kier alpha value is -1.82. The highest BCUT2D eigenvalue weighted by Crippen LogP contribution is 2.06. The fraction of sp³-hybridized carbons (Fsp3) is 0.200. The van der Waals surface area contributed by atoms with E-state index in [0.29, 0.717) is 18.2 Å². The van der Waals surface area contributed by atoms with Gasteiger partial charge in [-0.15, -0.1) is 6.58 Å². The molecule has 0 N–H and O–H groups in total. The number of pyridine rings is 1. The lowest BCUT2D eigenvalue weighted by Gasteiger charge is -2.02. The van der Waals surface area contributed by atoms with E-state index in [1.165, 1.54) is 0 Å². The summed E-state index contributed by atoms with van der Waals surface area (Å²) in [5, 5.41) is 8.55. The molecule has 1 aromatic heterocycles. The van der Waals surface area contributed by atoms with Gasteiger partial charge < -0.3 is 4.74 Å². The smallest absolute Gasteiger partial charge is 0.214 e. The second-order valence-electron chi connectivity index (χ2n) is 2.40. The molecule has 66 valence electrons. The summed E-state index contributed by atoms with van der Waals surface area (Å²) in [5.74, 6) is 0.487. The number of hydrogen-bond acceptors (Lipinski definition) is 3. The van der Waals surface area contributed by atoms with E-state index in [1.54, 1.807) is 24.3 Å². The molecule has 0 aliphatic rings. The van der Waals surface area contributed by atoms with Gasteiger partial charge in [0.2, 0.25) is 5.88 Å². The standard InChI is InChI=1S/C10H10N2O/c1-2-3-7-13-10-6-4-5-9(8-11)12-10/h2,4-6H,1,3,7H2. The average molecular weight is 174 g/mol. The van der Waals surface area contributed by atoms with Crippen LogP contribution in [0.2, 0.25) is 0 Å². The van der Waals surface area contributed by atoms with Crippen LogP contribution in [0.25, 0.3) is 0 Å². The van der Waals surface area contributed by atoms with Crippen molar-refractivity contribution in [3.63, 3.8) is 0 Å². The Kier molecular flexibility index (Phi) is 3.52. The normalized spacial score (nSPS) is 8.85. The minimum absolute atomic E-state index is 0.371. The van der Waals surface area contributed by atoms with Crippen LogP contribution < -0.4 is 4.74 Å². The van der Waals surface area contributed by atoms with Crippen LogP contribution in [0.4, 0.5) is 0 Å². The predicted molar refractivity (Wildman–Crippen MR) is 49.3 cm³/mol. The van der Waals surface area contributed by atoms with E-state index in [9.17, 15) is 0 Å². The number of ether oxygens (including phenoxy) is 1. The van der Waals surface area contributed by atoms with Crippen LogP contribution in [0.5, 0.6) is 5.88 Å².